The summed E-state index contributed by atoms with van der Waals surface area (Å²) in [7, 11) is -4.70. The maximum atomic E-state index is 10.4. The summed E-state index contributed by atoms with van der Waals surface area (Å²) in [5, 5.41) is 30.6. The Morgan fingerprint density at radius 3 is 2.44 bits per heavy atom. The van der Waals surface area contributed by atoms with Gasteiger partial charge in [-0.3, -0.25) is 4.52 Å². The Morgan fingerprint density at radius 2 is 1.89 bits per heavy atom. The zero-order chi connectivity index (χ0) is 13.8. The molecule has 6 N–H and O–H groups in total. The van der Waals surface area contributed by atoms with Crippen LogP contribution in [-0.4, -0.2) is 44.0 Å². The molecule has 0 amide bonds. The fourth-order valence-corrected chi connectivity index (χ4v) is 1.46. The number of phenols is 1. The summed E-state index contributed by atoms with van der Waals surface area (Å²) in [6.07, 6.45) is -3.12. The fraction of sp³-hybridized carbons (Fsp3) is 0.333. The molecular formula is C9H14NO7P. The molecule has 0 fully saturated rings. The number of nitrogens with one attached hydrogen (secondary N) is 1. The first-order valence-corrected chi connectivity index (χ1v) is 6.43. The molecule has 0 aromatic heterocycles. The molecule has 1 rings (SSSR count). The van der Waals surface area contributed by atoms with E-state index in [1.165, 1.54) is 12.1 Å². The number of hydrogen-bond acceptors (Lipinski definition) is 6. The Hall–Kier alpha value is -1.15. The highest BCUT2D eigenvalue weighted by Gasteiger charge is 2.22. The summed E-state index contributed by atoms with van der Waals surface area (Å²) >= 11 is 0. The van der Waals surface area contributed by atoms with E-state index < -0.39 is 26.8 Å². The summed E-state index contributed by atoms with van der Waals surface area (Å²) in [6, 6.07) is 5.98. The maximum Gasteiger partial charge on any atom is 0.469 e. The van der Waals surface area contributed by atoms with Crippen molar-refractivity contribution in [3.05, 3.63) is 24.3 Å². The quantitative estimate of drug-likeness (QED) is 0.235. The molecule has 0 bridgehead atoms. The number of para-hydroxylation sites is 2. The standard InChI is InChI=1S/C9H14NO7P/c11-7-4-2-1-3-6(7)10-9(13)8(12)5-17-18(14,15)16/h1-4,8-13H,5H2,(H2,14,15,16)/t8-,9-/m1/s1. The van der Waals surface area contributed by atoms with E-state index in [0.29, 0.717) is 0 Å². The Balaban J connectivity index is 2.52. The zero-order valence-electron chi connectivity index (χ0n) is 9.17. The third kappa shape index (κ3) is 5.01. The van der Waals surface area contributed by atoms with Gasteiger partial charge in [0.1, 0.15) is 11.9 Å². The van der Waals surface area contributed by atoms with E-state index >= 15 is 0 Å². The van der Waals surface area contributed by atoms with Gasteiger partial charge in [-0.15, -0.1) is 0 Å². The van der Waals surface area contributed by atoms with E-state index in [9.17, 15) is 19.9 Å². The Labute approximate surface area is 103 Å². The summed E-state index contributed by atoms with van der Waals surface area (Å²) in [5.41, 5.74) is 0.167. The highest BCUT2D eigenvalue weighted by Crippen LogP contribution is 2.35. The number of benzene rings is 1. The van der Waals surface area contributed by atoms with Crippen molar-refractivity contribution in [1.29, 1.82) is 0 Å². The van der Waals surface area contributed by atoms with Gasteiger partial charge in [0.05, 0.1) is 12.3 Å². The lowest BCUT2D eigenvalue weighted by Crippen LogP contribution is -2.36. The molecule has 18 heavy (non-hydrogen) atoms. The van der Waals surface area contributed by atoms with Crippen LogP contribution in [-0.2, 0) is 9.09 Å². The van der Waals surface area contributed by atoms with Gasteiger partial charge in [0.25, 0.3) is 0 Å². The van der Waals surface area contributed by atoms with Gasteiger partial charge in [0.15, 0.2) is 6.23 Å². The van der Waals surface area contributed by atoms with Gasteiger partial charge < -0.3 is 30.4 Å². The van der Waals surface area contributed by atoms with Crippen LogP contribution >= 0.6 is 7.82 Å². The lowest BCUT2D eigenvalue weighted by molar-refractivity contribution is -0.000128. The zero-order valence-corrected chi connectivity index (χ0v) is 10.1. The van der Waals surface area contributed by atoms with Crippen LogP contribution in [0.4, 0.5) is 5.69 Å². The third-order valence-electron chi connectivity index (χ3n) is 1.99. The number of rotatable bonds is 6. The van der Waals surface area contributed by atoms with Gasteiger partial charge in [-0.1, -0.05) is 12.1 Å². The monoisotopic (exact) mass is 279 g/mol. The first-order chi connectivity index (χ1) is 8.29. The predicted molar refractivity (Wildman–Crippen MR) is 61.7 cm³/mol. The molecule has 9 heteroatoms. The van der Waals surface area contributed by atoms with E-state index in [1.807, 2.05) is 0 Å². The van der Waals surface area contributed by atoms with E-state index in [2.05, 4.69) is 9.84 Å². The topological polar surface area (TPSA) is 139 Å². The molecule has 0 aliphatic heterocycles. The minimum absolute atomic E-state index is 0.139. The second kappa shape index (κ2) is 6.14. The number of aliphatic hydroxyl groups is 2. The summed E-state index contributed by atoms with van der Waals surface area (Å²) in [4.78, 5) is 16.8. The minimum Gasteiger partial charge on any atom is -0.506 e. The molecule has 1 aromatic rings. The Bertz CT molecular complexity index is 435. The summed E-state index contributed by atoms with van der Waals surface area (Å²) in [6.45, 7) is -0.758. The van der Waals surface area contributed by atoms with E-state index in [0.717, 1.165) is 0 Å². The van der Waals surface area contributed by atoms with Gasteiger partial charge in [0, 0.05) is 0 Å². The van der Waals surface area contributed by atoms with Crippen molar-refractivity contribution < 1.29 is 34.2 Å². The number of hydrogen-bond donors (Lipinski definition) is 6. The highest BCUT2D eigenvalue weighted by molar-refractivity contribution is 7.46. The highest BCUT2D eigenvalue weighted by atomic mass is 31.2. The van der Waals surface area contributed by atoms with Crippen LogP contribution < -0.4 is 5.32 Å². The molecule has 2 atom stereocenters. The molecule has 0 aliphatic rings. The van der Waals surface area contributed by atoms with E-state index in [4.69, 9.17) is 9.79 Å². The van der Waals surface area contributed by atoms with Gasteiger partial charge in [-0.05, 0) is 12.1 Å². The van der Waals surface area contributed by atoms with Crippen LogP contribution in [0.3, 0.4) is 0 Å². The molecule has 102 valence electrons. The number of aromatic hydroxyl groups is 1. The summed E-state index contributed by atoms with van der Waals surface area (Å²) in [5.74, 6) is -0.139. The first-order valence-electron chi connectivity index (χ1n) is 4.90. The largest absolute Gasteiger partial charge is 0.506 e. The van der Waals surface area contributed by atoms with E-state index in [1.54, 1.807) is 12.1 Å². The number of phosphoric acid groups is 1. The van der Waals surface area contributed by atoms with Gasteiger partial charge in [-0.2, -0.15) is 0 Å². The first kappa shape index (κ1) is 14.9. The van der Waals surface area contributed by atoms with Crippen LogP contribution in [0.25, 0.3) is 0 Å². The van der Waals surface area contributed by atoms with Crippen LogP contribution in [0.1, 0.15) is 0 Å². The van der Waals surface area contributed by atoms with Gasteiger partial charge in [-0.25, -0.2) is 4.57 Å². The van der Waals surface area contributed by atoms with Crippen LogP contribution in [0.15, 0.2) is 24.3 Å². The minimum atomic E-state index is -4.70. The maximum absolute atomic E-state index is 10.4. The molecule has 0 heterocycles. The van der Waals surface area contributed by atoms with Gasteiger partial charge in [0.2, 0.25) is 0 Å². The molecule has 0 radical (unpaired) electrons. The average Bonchev–Trinajstić information content (AvgIpc) is 2.28. The molecule has 0 saturated carbocycles. The van der Waals surface area contributed by atoms with E-state index in [-0.39, 0.29) is 11.4 Å². The SMILES string of the molecule is O=P(O)(O)OC[C@@H](O)[C@@H](O)Nc1ccccc1O. The van der Waals surface area contributed by atoms with Crippen molar-refractivity contribution in [2.24, 2.45) is 0 Å². The van der Waals surface area contributed by atoms with Crippen LogP contribution in [0, 0.1) is 0 Å². The molecule has 1 aromatic carbocycles. The molecule has 0 aliphatic carbocycles. The second-order valence-corrected chi connectivity index (χ2v) is 4.70. The Kier molecular flexibility index (Phi) is 5.09. The average molecular weight is 279 g/mol. The third-order valence-corrected chi connectivity index (χ3v) is 2.47. The fourth-order valence-electron chi connectivity index (χ4n) is 1.12. The van der Waals surface area contributed by atoms with Crippen molar-refractivity contribution in [1.82, 2.24) is 0 Å². The lowest BCUT2D eigenvalue weighted by Gasteiger charge is -2.20. The van der Waals surface area contributed by atoms with Crippen molar-refractivity contribution >= 4 is 13.5 Å². The molecule has 0 saturated heterocycles. The molecule has 0 spiro atoms. The lowest BCUT2D eigenvalue weighted by atomic mass is 10.2. The smallest absolute Gasteiger partial charge is 0.469 e. The number of phenolic OH excluding ortho intramolecular Hbond substituents is 1. The number of anilines is 1. The normalized spacial score (nSPS) is 15.1. The Morgan fingerprint density at radius 1 is 1.28 bits per heavy atom. The van der Waals surface area contributed by atoms with Crippen molar-refractivity contribution in [2.75, 3.05) is 11.9 Å². The van der Waals surface area contributed by atoms with Crippen molar-refractivity contribution in [3.8, 4) is 5.75 Å². The van der Waals surface area contributed by atoms with Gasteiger partial charge >= 0.3 is 7.82 Å². The van der Waals surface area contributed by atoms with Crippen molar-refractivity contribution in [2.45, 2.75) is 12.3 Å². The van der Waals surface area contributed by atoms with Crippen LogP contribution in [0.2, 0.25) is 0 Å². The molecule has 0 unspecified atom stereocenters. The number of aliphatic hydroxyl groups excluding tert-OH is 2. The molecular weight excluding hydrogens is 265 g/mol. The molecule has 8 nitrogen and oxygen atoms in total. The second-order valence-electron chi connectivity index (χ2n) is 3.46. The van der Waals surface area contributed by atoms with Crippen LogP contribution in [0.5, 0.6) is 5.75 Å². The van der Waals surface area contributed by atoms with Crippen molar-refractivity contribution in [3.63, 3.8) is 0 Å². The summed E-state index contributed by atoms with van der Waals surface area (Å²) < 4.78 is 14.4. The predicted octanol–water partition coefficient (Wildman–Crippen LogP) is -0.407. The number of phosphoric ester groups is 1.